The number of para-hydroxylation sites is 1. The van der Waals surface area contributed by atoms with Gasteiger partial charge in [0.1, 0.15) is 0 Å². The highest BCUT2D eigenvalue weighted by molar-refractivity contribution is 7.19. The Labute approximate surface area is 145 Å². The maximum atomic E-state index is 3.39. The molecule has 0 unspecified atom stereocenters. The summed E-state index contributed by atoms with van der Waals surface area (Å²) in [6.07, 6.45) is 4.49. The molecule has 3 heterocycles. The minimum absolute atomic E-state index is 1.10. The van der Waals surface area contributed by atoms with Crippen LogP contribution in [-0.2, 0) is 19.4 Å². The van der Waals surface area contributed by atoms with Crippen LogP contribution in [0.15, 0.2) is 54.7 Å². The Morgan fingerprint density at radius 1 is 1.00 bits per heavy atom. The normalized spacial score (nSPS) is 15.2. The smallest absolute Gasteiger partial charge is 0.0456 e. The summed E-state index contributed by atoms with van der Waals surface area (Å²) in [7, 11) is 0. The van der Waals surface area contributed by atoms with Crippen molar-refractivity contribution in [3.8, 4) is 0 Å². The summed E-state index contributed by atoms with van der Waals surface area (Å²) < 4.78 is 1.45. The van der Waals surface area contributed by atoms with E-state index in [1.165, 1.54) is 39.5 Å². The molecule has 2 aromatic carbocycles. The number of hydrogen-bond acceptors (Lipinski definition) is 2. The van der Waals surface area contributed by atoms with Crippen LogP contribution in [0.5, 0.6) is 0 Å². The van der Waals surface area contributed by atoms with Crippen LogP contribution in [-0.4, -0.2) is 23.0 Å². The van der Waals surface area contributed by atoms with E-state index in [1.54, 1.807) is 10.4 Å². The number of nitrogens with zero attached hydrogens (tertiary/aromatic N) is 1. The Morgan fingerprint density at radius 3 is 2.79 bits per heavy atom. The van der Waals surface area contributed by atoms with Gasteiger partial charge in [-0.3, -0.25) is 4.90 Å². The molecule has 0 radical (unpaired) electrons. The number of thiophene rings is 1. The quantitative estimate of drug-likeness (QED) is 0.560. The lowest BCUT2D eigenvalue weighted by Gasteiger charge is -2.27. The average Bonchev–Trinajstić information content (AvgIpc) is 3.21. The Hall–Kier alpha value is -2.10. The standard InChI is InChI=1S/C21H20N2S/c1-3-7-19-16(5-1)15(13-22-19)9-11-23-12-10-21-18(14-23)17-6-2-4-8-20(17)24-21/h1-8,13,22H,9-12,14H2. The van der Waals surface area contributed by atoms with Gasteiger partial charge in [0.05, 0.1) is 0 Å². The van der Waals surface area contributed by atoms with Gasteiger partial charge in [0.25, 0.3) is 0 Å². The lowest BCUT2D eigenvalue weighted by atomic mass is 10.0. The fourth-order valence-electron chi connectivity index (χ4n) is 3.89. The van der Waals surface area contributed by atoms with E-state index in [9.17, 15) is 0 Å². The predicted molar refractivity (Wildman–Crippen MR) is 103 cm³/mol. The van der Waals surface area contributed by atoms with Crippen LogP contribution in [0.3, 0.4) is 0 Å². The van der Waals surface area contributed by atoms with E-state index in [2.05, 4.69) is 64.6 Å². The molecule has 120 valence electrons. The van der Waals surface area contributed by atoms with Crippen LogP contribution in [0.1, 0.15) is 16.0 Å². The van der Waals surface area contributed by atoms with Gasteiger partial charge in [-0.25, -0.2) is 0 Å². The minimum atomic E-state index is 1.10. The molecule has 0 aliphatic carbocycles. The molecule has 0 fully saturated rings. The number of H-pyrrole nitrogens is 1. The Bertz CT molecular complexity index is 1010. The second kappa shape index (κ2) is 5.76. The van der Waals surface area contributed by atoms with Crippen molar-refractivity contribution in [2.75, 3.05) is 13.1 Å². The first kappa shape index (κ1) is 14.3. The van der Waals surface area contributed by atoms with Crippen molar-refractivity contribution in [3.05, 3.63) is 70.7 Å². The van der Waals surface area contributed by atoms with E-state index >= 15 is 0 Å². The molecule has 0 saturated heterocycles. The maximum Gasteiger partial charge on any atom is 0.0456 e. The van der Waals surface area contributed by atoms with Crippen molar-refractivity contribution < 1.29 is 0 Å². The van der Waals surface area contributed by atoms with Crippen molar-refractivity contribution in [1.82, 2.24) is 9.88 Å². The highest BCUT2D eigenvalue weighted by Crippen LogP contribution is 2.35. The molecule has 2 aromatic heterocycles. The number of benzene rings is 2. The van der Waals surface area contributed by atoms with E-state index < -0.39 is 0 Å². The van der Waals surface area contributed by atoms with E-state index in [0.717, 1.165) is 19.5 Å². The van der Waals surface area contributed by atoms with Crippen LogP contribution in [0.4, 0.5) is 0 Å². The highest BCUT2D eigenvalue weighted by atomic mass is 32.1. The summed E-state index contributed by atoms with van der Waals surface area (Å²) in [5.74, 6) is 0. The molecule has 0 bridgehead atoms. The van der Waals surface area contributed by atoms with E-state index in [0.29, 0.717) is 0 Å². The van der Waals surface area contributed by atoms with Gasteiger partial charge in [0.2, 0.25) is 0 Å². The minimum Gasteiger partial charge on any atom is -0.361 e. The maximum absolute atomic E-state index is 3.39. The summed E-state index contributed by atoms with van der Waals surface area (Å²) >= 11 is 1.99. The predicted octanol–water partition coefficient (Wildman–Crippen LogP) is 4.98. The lowest BCUT2D eigenvalue weighted by Crippen LogP contribution is -2.31. The second-order valence-corrected chi connectivity index (χ2v) is 7.77. The zero-order chi connectivity index (χ0) is 15.9. The summed E-state index contributed by atoms with van der Waals surface area (Å²) in [4.78, 5) is 7.61. The molecule has 4 aromatic rings. The van der Waals surface area contributed by atoms with Crippen LogP contribution in [0, 0.1) is 0 Å². The summed E-state index contributed by atoms with van der Waals surface area (Å²) in [5, 5.41) is 2.84. The van der Waals surface area contributed by atoms with Gasteiger partial charge >= 0.3 is 0 Å². The highest BCUT2D eigenvalue weighted by Gasteiger charge is 2.20. The molecule has 0 saturated carbocycles. The Balaban J connectivity index is 1.36. The summed E-state index contributed by atoms with van der Waals surface area (Å²) in [6, 6.07) is 17.5. The second-order valence-electron chi connectivity index (χ2n) is 6.64. The van der Waals surface area contributed by atoms with Gasteiger partial charge in [-0.05, 0) is 41.5 Å². The van der Waals surface area contributed by atoms with Gasteiger partial charge in [-0.2, -0.15) is 0 Å². The molecule has 2 nitrogen and oxygen atoms in total. The van der Waals surface area contributed by atoms with Gasteiger partial charge in [-0.15, -0.1) is 11.3 Å². The topological polar surface area (TPSA) is 19.0 Å². The van der Waals surface area contributed by atoms with Crippen molar-refractivity contribution >= 4 is 32.3 Å². The fourth-order valence-corrected chi connectivity index (χ4v) is 5.10. The number of rotatable bonds is 3. The molecule has 0 amide bonds. The molecule has 0 spiro atoms. The van der Waals surface area contributed by atoms with Crippen molar-refractivity contribution in [3.63, 3.8) is 0 Å². The molecule has 0 atom stereocenters. The number of fused-ring (bicyclic) bond motifs is 4. The monoisotopic (exact) mass is 332 g/mol. The Kier molecular flexibility index (Phi) is 3.42. The molecule has 1 aliphatic rings. The van der Waals surface area contributed by atoms with Gasteiger partial charge in [0.15, 0.2) is 0 Å². The number of aromatic nitrogens is 1. The third-order valence-corrected chi connectivity index (χ3v) is 6.46. The van der Waals surface area contributed by atoms with E-state index in [-0.39, 0.29) is 0 Å². The molecule has 24 heavy (non-hydrogen) atoms. The number of hydrogen-bond donors (Lipinski definition) is 1. The first-order valence-electron chi connectivity index (χ1n) is 8.65. The molecule has 3 heteroatoms. The molecular weight excluding hydrogens is 312 g/mol. The fraction of sp³-hybridized carbons (Fsp3) is 0.238. The van der Waals surface area contributed by atoms with Crippen molar-refractivity contribution in [2.24, 2.45) is 0 Å². The van der Waals surface area contributed by atoms with E-state index in [1.807, 2.05) is 11.3 Å². The van der Waals surface area contributed by atoms with Gasteiger partial charge in [-0.1, -0.05) is 36.4 Å². The zero-order valence-corrected chi connectivity index (χ0v) is 14.4. The molecule has 5 rings (SSSR count). The molecular formula is C21H20N2S. The third-order valence-electron chi connectivity index (χ3n) is 5.19. The van der Waals surface area contributed by atoms with Gasteiger partial charge < -0.3 is 4.98 Å². The SMILES string of the molecule is c1ccc2c(CCN3CCc4sc5ccccc5c4C3)c[nH]c2c1. The largest absolute Gasteiger partial charge is 0.361 e. The van der Waals surface area contributed by atoms with E-state index in [4.69, 9.17) is 0 Å². The zero-order valence-electron chi connectivity index (χ0n) is 13.6. The van der Waals surface area contributed by atoms with Gasteiger partial charge in [0, 0.05) is 46.3 Å². The summed E-state index contributed by atoms with van der Waals surface area (Å²) in [6.45, 7) is 3.41. The Morgan fingerprint density at radius 2 is 1.83 bits per heavy atom. The number of nitrogens with one attached hydrogen (secondary N) is 1. The lowest BCUT2D eigenvalue weighted by molar-refractivity contribution is 0.260. The molecule has 1 N–H and O–H groups in total. The van der Waals surface area contributed by atoms with Crippen LogP contribution < -0.4 is 0 Å². The van der Waals surface area contributed by atoms with Crippen LogP contribution >= 0.6 is 11.3 Å². The first-order chi connectivity index (χ1) is 11.9. The van der Waals surface area contributed by atoms with Crippen LogP contribution in [0.25, 0.3) is 21.0 Å². The van der Waals surface area contributed by atoms with Crippen molar-refractivity contribution in [2.45, 2.75) is 19.4 Å². The third kappa shape index (κ3) is 2.36. The first-order valence-corrected chi connectivity index (χ1v) is 9.47. The van der Waals surface area contributed by atoms with Crippen molar-refractivity contribution in [1.29, 1.82) is 0 Å². The summed E-state index contributed by atoms with van der Waals surface area (Å²) in [5.41, 5.74) is 4.25. The number of aromatic amines is 1. The van der Waals surface area contributed by atoms with Crippen LogP contribution in [0.2, 0.25) is 0 Å². The average molecular weight is 332 g/mol. The molecule has 1 aliphatic heterocycles.